The number of nitrogens with two attached hydrogens (primary N) is 1. The van der Waals surface area contributed by atoms with Gasteiger partial charge in [-0.3, -0.25) is 0 Å². The molecule has 1 aromatic carbocycles. The Morgan fingerprint density at radius 2 is 2.06 bits per heavy atom. The molecule has 0 radical (unpaired) electrons. The Bertz CT molecular complexity index is 366. The van der Waals surface area contributed by atoms with Crippen molar-refractivity contribution in [3.05, 3.63) is 29.8 Å². The average molecular weight is 220 g/mol. The fourth-order valence-electron chi connectivity index (χ4n) is 1.15. The largest absolute Gasteiger partial charge is 0.491 e. The zero-order chi connectivity index (χ0) is 12.0. The Kier molecular flexibility index (Phi) is 4.29. The molecule has 1 aromatic rings. The molecule has 16 heavy (non-hydrogen) atoms. The van der Waals surface area contributed by atoms with Gasteiger partial charge < -0.3 is 15.6 Å². The molecule has 0 aliphatic carbocycles. The summed E-state index contributed by atoms with van der Waals surface area (Å²) in [6, 6.07) is 9.33. The van der Waals surface area contributed by atoms with Gasteiger partial charge in [-0.05, 0) is 31.0 Å². The van der Waals surface area contributed by atoms with Crippen molar-refractivity contribution in [3.8, 4) is 11.8 Å². The Morgan fingerprint density at radius 1 is 1.44 bits per heavy atom. The molecule has 86 valence electrons. The van der Waals surface area contributed by atoms with E-state index in [0.717, 1.165) is 5.56 Å². The number of benzene rings is 1. The number of nitrogens with zero attached hydrogens (tertiary/aromatic N) is 1. The zero-order valence-corrected chi connectivity index (χ0v) is 9.31. The van der Waals surface area contributed by atoms with Gasteiger partial charge in [-0.15, -0.1) is 0 Å². The Morgan fingerprint density at radius 3 is 2.56 bits per heavy atom. The van der Waals surface area contributed by atoms with E-state index in [1.165, 1.54) is 0 Å². The van der Waals surface area contributed by atoms with E-state index in [2.05, 4.69) is 0 Å². The molecule has 0 bridgehead atoms. The number of aliphatic hydroxyl groups is 1. The third-order valence-electron chi connectivity index (χ3n) is 2.12. The van der Waals surface area contributed by atoms with Crippen LogP contribution < -0.4 is 10.5 Å². The van der Waals surface area contributed by atoms with Gasteiger partial charge in [0.2, 0.25) is 0 Å². The lowest BCUT2D eigenvalue weighted by atomic mass is 10.1. The van der Waals surface area contributed by atoms with Crippen molar-refractivity contribution >= 4 is 0 Å². The normalized spacial score (nSPS) is 13.9. The van der Waals surface area contributed by atoms with E-state index < -0.39 is 5.54 Å². The molecule has 0 spiro atoms. The van der Waals surface area contributed by atoms with Gasteiger partial charge in [0.15, 0.2) is 0 Å². The minimum Gasteiger partial charge on any atom is -0.491 e. The second kappa shape index (κ2) is 5.50. The Balaban J connectivity index is 2.53. The van der Waals surface area contributed by atoms with Crippen molar-refractivity contribution in [1.82, 2.24) is 0 Å². The SMILES string of the molecule is CC(N)(C#N)COc1ccc(CCO)cc1. The Hall–Kier alpha value is -1.57. The maximum Gasteiger partial charge on any atom is 0.135 e. The summed E-state index contributed by atoms with van der Waals surface area (Å²) in [5.74, 6) is 0.675. The highest BCUT2D eigenvalue weighted by Crippen LogP contribution is 2.13. The molecule has 3 N–H and O–H groups in total. The fourth-order valence-corrected chi connectivity index (χ4v) is 1.15. The topological polar surface area (TPSA) is 79.3 Å². The van der Waals surface area contributed by atoms with Crippen molar-refractivity contribution in [1.29, 1.82) is 5.26 Å². The van der Waals surface area contributed by atoms with Crippen LogP contribution in [0.15, 0.2) is 24.3 Å². The van der Waals surface area contributed by atoms with E-state index >= 15 is 0 Å². The molecule has 0 aliphatic rings. The van der Waals surface area contributed by atoms with Crippen molar-refractivity contribution in [3.63, 3.8) is 0 Å². The smallest absolute Gasteiger partial charge is 0.135 e. The van der Waals surface area contributed by atoms with E-state index in [-0.39, 0.29) is 13.2 Å². The van der Waals surface area contributed by atoms with E-state index in [0.29, 0.717) is 12.2 Å². The van der Waals surface area contributed by atoms with Crippen LogP contribution in [0.25, 0.3) is 0 Å². The van der Waals surface area contributed by atoms with E-state index in [1.807, 2.05) is 18.2 Å². The molecule has 4 nitrogen and oxygen atoms in total. The van der Waals surface area contributed by atoms with E-state index in [4.69, 9.17) is 20.8 Å². The first-order valence-corrected chi connectivity index (χ1v) is 5.10. The van der Waals surface area contributed by atoms with Crippen LogP contribution in [-0.4, -0.2) is 23.9 Å². The molecule has 0 aliphatic heterocycles. The van der Waals surface area contributed by atoms with Crippen LogP contribution in [0.5, 0.6) is 5.75 Å². The van der Waals surface area contributed by atoms with E-state index in [9.17, 15) is 0 Å². The summed E-state index contributed by atoms with van der Waals surface area (Å²) in [5.41, 5.74) is 5.70. The van der Waals surface area contributed by atoms with Crippen LogP contribution in [0.3, 0.4) is 0 Å². The number of nitriles is 1. The minimum absolute atomic E-state index is 0.134. The van der Waals surface area contributed by atoms with Gasteiger partial charge in [0.1, 0.15) is 17.9 Å². The highest BCUT2D eigenvalue weighted by atomic mass is 16.5. The second-order valence-electron chi connectivity index (χ2n) is 3.94. The van der Waals surface area contributed by atoms with Crippen molar-refractivity contribution in [2.24, 2.45) is 5.73 Å². The van der Waals surface area contributed by atoms with Crippen LogP contribution in [0.2, 0.25) is 0 Å². The highest BCUT2D eigenvalue weighted by Gasteiger charge is 2.17. The number of ether oxygens (including phenoxy) is 1. The number of hydrogen-bond donors (Lipinski definition) is 2. The van der Waals surface area contributed by atoms with Gasteiger partial charge in [0.05, 0.1) is 6.07 Å². The summed E-state index contributed by atoms with van der Waals surface area (Å²) in [5, 5.41) is 17.5. The first-order valence-electron chi connectivity index (χ1n) is 5.10. The van der Waals surface area contributed by atoms with Gasteiger partial charge in [-0.1, -0.05) is 12.1 Å². The van der Waals surface area contributed by atoms with Gasteiger partial charge in [0.25, 0.3) is 0 Å². The summed E-state index contributed by atoms with van der Waals surface area (Å²) in [7, 11) is 0. The zero-order valence-electron chi connectivity index (χ0n) is 9.31. The maximum absolute atomic E-state index is 8.75. The predicted molar refractivity (Wildman–Crippen MR) is 60.9 cm³/mol. The van der Waals surface area contributed by atoms with Gasteiger partial charge in [-0.2, -0.15) is 5.26 Å². The van der Waals surface area contributed by atoms with Crippen LogP contribution in [0.4, 0.5) is 0 Å². The summed E-state index contributed by atoms with van der Waals surface area (Å²) < 4.78 is 5.38. The first kappa shape index (κ1) is 12.5. The first-order chi connectivity index (χ1) is 7.57. The van der Waals surface area contributed by atoms with Crippen LogP contribution in [0.1, 0.15) is 12.5 Å². The molecule has 0 amide bonds. The third-order valence-corrected chi connectivity index (χ3v) is 2.12. The molecule has 1 atom stereocenters. The van der Waals surface area contributed by atoms with Crippen molar-refractivity contribution < 1.29 is 9.84 Å². The predicted octanol–water partition coefficient (Wildman–Crippen LogP) is 0.841. The van der Waals surface area contributed by atoms with Crippen LogP contribution in [-0.2, 0) is 6.42 Å². The molecular weight excluding hydrogens is 204 g/mol. The van der Waals surface area contributed by atoms with Gasteiger partial charge >= 0.3 is 0 Å². The lowest BCUT2D eigenvalue weighted by Gasteiger charge is -2.16. The third kappa shape index (κ3) is 3.89. The Labute approximate surface area is 95.3 Å². The van der Waals surface area contributed by atoms with Crippen molar-refractivity contribution in [2.75, 3.05) is 13.2 Å². The molecule has 0 saturated heterocycles. The summed E-state index contributed by atoms with van der Waals surface area (Å²) >= 11 is 0. The number of rotatable bonds is 5. The molecule has 0 saturated carbocycles. The average Bonchev–Trinajstić information content (AvgIpc) is 2.29. The van der Waals surface area contributed by atoms with Crippen LogP contribution >= 0.6 is 0 Å². The molecular formula is C12H16N2O2. The van der Waals surface area contributed by atoms with Gasteiger partial charge in [-0.25, -0.2) is 0 Å². The molecule has 1 rings (SSSR count). The molecule has 0 aromatic heterocycles. The molecule has 1 unspecified atom stereocenters. The fraction of sp³-hybridized carbons (Fsp3) is 0.417. The quantitative estimate of drug-likeness (QED) is 0.770. The number of hydrogen-bond acceptors (Lipinski definition) is 4. The number of aliphatic hydroxyl groups excluding tert-OH is 1. The van der Waals surface area contributed by atoms with Gasteiger partial charge in [0, 0.05) is 6.61 Å². The maximum atomic E-state index is 8.75. The minimum atomic E-state index is -0.968. The second-order valence-corrected chi connectivity index (χ2v) is 3.94. The summed E-state index contributed by atoms with van der Waals surface area (Å²) in [6.07, 6.45) is 0.632. The highest BCUT2D eigenvalue weighted by molar-refractivity contribution is 5.27. The van der Waals surface area contributed by atoms with Crippen molar-refractivity contribution in [2.45, 2.75) is 18.9 Å². The summed E-state index contributed by atoms with van der Waals surface area (Å²) in [6.45, 7) is 1.91. The summed E-state index contributed by atoms with van der Waals surface area (Å²) in [4.78, 5) is 0. The molecule has 0 heterocycles. The monoisotopic (exact) mass is 220 g/mol. The lowest BCUT2D eigenvalue weighted by Crippen LogP contribution is -2.40. The lowest BCUT2D eigenvalue weighted by molar-refractivity contribution is 0.264. The van der Waals surface area contributed by atoms with Crippen LogP contribution in [0, 0.1) is 11.3 Å². The molecule has 4 heteroatoms. The van der Waals surface area contributed by atoms with E-state index in [1.54, 1.807) is 19.1 Å². The molecule has 0 fully saturated rings. The standard InChI is InChI=1S/C12H16N2O2/c1-12(14,8-13)9-16-11-4-2-10(3-5-11)6-7-15/h2-5,15H,6-7,9,14H2,1H3.